The average molecular weight is 386 g/mol. The number of anilines is 1. The Kier molecular flexibility index (Phi) is 7.25. The lowest BCUT2D eigenvalue weighted by molar-refractivity contribution is -0.126. The molecular weight excluding hydrogens is 359 g/mol. The maximum Gasteiger partial charge on any atom is 0.246 e. The summed E-state index contributed by atoms with van der Waals surface area (Å²) in [7, 11) is 0. The van der Waals surface area contributed by atoms with Crippen molar-refractivity contribution in [3.8, 4) is 5.75 Å². The highest BCUT2D eigenvalue weighted by molar-refractivity contribution is 5.77. The molecule has 0 saturated carbocycles. The molecule has 5 nitrogen and oxygen atoms in total. The second-order valence-electron chi connectivity index (χ2n) is 7.02. The summed E-state index contributed by atoms with van der Waals surface area (Å²) in [6, 6.07) is 14.6. The van der Waals surface area contributed by atoms with Gasteiger partial charge in [-0.1, -0.05) is 24.3 Å². The molecule has 6 heteroatoms. The van der Waals surface area contributed by atoms with Crippen LogP contribution >= 0.6 is 0 Å². The van der Waals surface area contributed by atoms with Crippen LogP contribution in [0.25, 0.3) is 0 Å². The van der Waals surface area contributed by atoms with Crippen molar-refractivity contribution in [1.29, 1.82) is 0 Å². The van der Waals surface area contributed by atoms with E-state index >= 15 is 0 Å². The van der Waals surface area contributed by atoms with Crippen LogP contribution in [-0.4, -0.2) is 44.9 Å². The molecule has 1 fully saturated rings. The van der Waals surface area contributed by atoms with Crippen molar-refractivity contribution >= 4 is 11.6 Å². The van der Waals surface area contributed by atoms with Gasteiger partial charge in [-0.15, -0.1) is 0 Å². The van der Waals surface area contributed by atoms with Crippen LogP contribution in [0.1, 0.15) is 18.4 Å². The molecule has 0 aliphatic carbocycles. The summed E-state index contributed by atoms with van der Waals surface area (Å²) in [5.41, 5.74) is 1.63. The predicted octanol–water partition coefficient (Wildman–Crippen LogP) is 3.31. The van der Waals surface area contributed by atoms with Crippen molar-refractivity contribution in [1.82, 2.24) is 5.32 Å². The van der Waals surface area contributed by atoms with Gasteiger partial charge in [0.05, 0.1) is 12.3 Å². The Balaban J connectivity index is 1.38. The van der Waals surface area contributed by atoms with Gasteiger partial charge in [0.2, 0.25) is 5.91 Å². The lowest BCUT2D eigenvalue weighted by Crippen LogP contribution is -2.49. The molecule has 0 spiro atoms. The van der Waals surface area contributed by atoms with E-state index in [0.717, 1.165) is 30.7 Å². The highest BCUT2D eigenvalue weighted by Crippen LogP contribution is 2.24. The molecule has 0 bridgehead atoms. The quantitative estimate of drug-likeness (QED) is 0.707. The minimum Gasteiger partial charge on any atom is -0.491 e. The molecule has 0 radical (unpaired) electrons. The first kappa shape index (κ1) is 20.1. The first-order valence-corrected chi connectivity index (χ1v) is 9.68. The molecule has 1 saturated heterocycles. The zero-order chi connectivity index (χ0) is 19.8. The van der Waals surface area contributed by atoms with Gasteiger partial charge < -0.3 is 19.7 Å². The van der Waals surface area contributed by atoms with Crippen molar-refractivity contribution in [2.45, 2.75) is 25.8 Å². The molecule has 28 heavy (non-hydrogen) atoms. The first-order chi connectivity index (χ1) is 13.6. The van der Waals surface area contributed by atoms with Crippen molar-refractivity contribution in [2.75, 3.05) is 37.8 Å². The third kappa shape index (κ3) is 5.96. The SMILES string of the molecule is Cc1ccc(F)c(N2CCCC(NC(=O)COCCOc3ccccc3)C2)c1. The van der Waals surface area contributed by atoms with Crippen LogP contribution < -0.4 is 15.0 Å². The highest BCUT2D eigenvalue weighted by Gasteiger charge is 2.23. The number of piperidine rings is 1. The number of rotatable bonds is 8. The predicted molar refractivity (Wildman–Crippen MR) is 107 cm³/mol. The third-order valence-corrected chi connectivity index (χ3v) is 4.70. The molecular formula is C22H27FN2O3. The van der Waals surface area contributed by atoms with Crippen LogP contribution in [0.3, 0.4) is 0 Å². The minimum atomic E-state index is -0.223. The molecule has 1 heterocycles. The second kappa shape index (κ2) is 10.1. The number of ether oxygens (including phenoxy) is 2. The number of amides is 1. The van der Waals surface area contributed by atoms with Gasteiger partial charge in [0, 0.05) is 19.1 Å². The van der Waals surface area contributed by atoms with Crippen LogP contribution in [0.5, 0.6) is 5.75 Å². The highest BCUT2D eigenvalue weighted by atomic mass is 19.1. The number of carbonyl (C=O) groups excluding carboxylic acids is 1. The summed E-state index contributed by atoms with van der Waals surface area (Å²) < 4.78 is 25.1. The smallest absolute Gasteiger partial charge is 0.246 e. The molecule has 0 aromatic heterocycles. The molecule has 1 N–H and O–H groups in total. The fourth-order valence-electron chi connectivity index (χ4n) is 3.35. The van der Waals surface area contributed by atoms with E-state index in [1.54, 1.807) is 6.07 Å². The van der Waals surface area contributed by atoms with Gasteiger partial charge in [-0.2, -0.15) is 0 Å². The van der Waals surface area contributed by atoms with Crippen LogP contribution in [0.15, 0.2) is 48.5 Å². The summed E-state index contributed by atoms with van der Waals surface area (Å²) in [4.78, 5) is 14.1. The second-order valence-corrected chi connectivity index (χ2v) is 7.02. The Morgan fingerprint density at radius 3 is 2.86 bits per heavy atom. The summed E-state index contributed by atoms with van der Waals surface area (Å²) in [6.45, 7) is 4.07. The first-order valence-electron chi connectivity index (χ1n) is 9.68. The number of nitrogens with zero attached hydrogens (tertiary/aromatic N) is 1. The molecule has 3 rings (SSSR count). The summed E-state index contributed by atoms with van der Waals surface area (Å²) in [6.07, 6.45) is 1.79. The summed E-state index contributed by atoms with van der Waals surface area (Å²) in [5.74, 6) is 0.400. The van der Waals surface area contributed by atoms with E-state index in [9.17, 15) is 9.18 Å². The number of carbonyl (C=O) groups is 1. The topological polar surface area (TPSA) is 50.8 Å². The maximum atomic E-state index is 14.1. The zero-order valence-corrected chi connectivity index (χ0v) is 16.2. The monoisotopic (exact) mass is 386 g/mol. The van der Waals surface area contributed by atoms with E-state index in [1.807, 2.05) is 48.2 Å². The van der Waals surface area contributed by atoms with Gasteiger partial charge in [0.1, 0.15) is 24.8 Å². The number of aryl methyl sites for hydroxylation is 1. The number of nitrogens with one attached hydrogen (secondary N) is 1. The van der Waals surface area contributed by atoms with E-state index in [4.69, 9.17) is 9.47 Å². The normalized spacial score (nSPS) is 16.6. The van der Waals surface area contributed by atoms with Crippen molar-refractivity contribution < 1.29 is 18.7 Å². The number of para-hydroxylation sites is 1. The number of hydrogen-bond donors (Lipinski definition) is 1. The largest absolute Gasteiger partial charge is 0.491 e. The van der Waals surface area contributed by atoms with Crippen LogP contribution in [-0.2, 0) is 9.53 Å². The fourth-order valence-corrected chi connectivity index (χ4v) is 3.35. The fraction of sp³-hybridized carbons (Fsp3) is 0.409. The van der Waals surface area contributed by atoms with E-state index in [1.165, 1.54) is 6.07 Å². The molecule has 1 aliphatic rings. The van der Waals surface area contributed by atoms with E-state index in [-0.39, 0.29) is 24.4 Å². The third-order valence-electron chi connectivity index (χ3n) is 4.70. The van der Waals surface area contributed by atoms with Gasteiger partial charge >= 0.3 is 0 Å². The molecule has 1 amide bonds. The van der Waals surface area contributed by atoms with Gasteiger partial charge in [0.25, 0.3) is 0 Å². The van der Waals surface area contributed by atoms with Crippen molar-refractivity contribution in [3.05, 3.63) is 59.9 Å². The van der Waals surface area contributed by atoms with E-state index < -0.39 is 0 Å². The maximum absolute atomic E-state index is 14.1. The summed E-state index contributed by atoms with van der Waals surface area (Å²) >= 11 is 0. The number of benzene rings is 2. The molecule has 1 atom stereocenters. The Labute approximate surface area is 165 Å². The van der Waals surface area contributed by atoms with Gasteiger partial charge in [-0.3, -0.25) is 4.79 Å². The van der Waals surface area contributed by atoms with E-state index in [0.29, 0.717) is 25.4 Å². The van der Waals surface area contributed by atoms with Crippen LogP contribution in [0.4, 0.5) is 10.1 Å². The minimum absolute atomic E-state index is 0.00649. The lowest BCUT2D eigenvalue weighted by atomic mass is 10.0. The number of halogens is 1. The Morgan fingerprint density at radius 1 is 1.21 bits per heavy atom. The van der Waals surface area contributed by atoms with Gasteiger partial charge in [-0.05, 0) is 49.6 Å². The molecule has 150 valence electrons. The van der Waals surface area contributed by atoms with Crippen molar-refractivity contribution in [2.24, 2.45) is 0 Å². The van der Waals surface area contributed by atoms with Gasteiger partial charge in [-0.25, -0.2) is 4.39 Å². The molecule has 2 aromatic rings. The Bertz CT molecular complexity index is 770. The molecule has 1 unspecified atom stereocenters. The van der Waals surface area contributed by atoms with Crippen molar-refractivity contribution in [3.63, 3.8) is 0 Å². The average Bonchev–Trinajstić information content (AvgIpc) is 2.70. The Morgan fingerprint density at radius 2 is 2.04 bits per heavy atom. The summed E-state index contributed by atoms with van der Waals surface area (Å²) in [5, 5.41) is 2.99. The van der Waals surface area contributed by atoms with Crippen LogP contribution in [0.2, 0.25) is 0 Å². The number of hydrogen-bond acceptors (Lipinski definition) is 4. The standard InChI is InChI=1S/C22H27FN2O3/c1-17-9-10-20(23)21(14-17)25-11-5-6-18(15-25)24-22(26)16-27-12-13-28-19-7-3-2-4-8-19/h2-4,7-10,14,18H,5-6,11-13,15-16H2,1H3,(H,24,26). The van der Waals surface area contributed by atoms with Crippen LogP contribution in [0, 0.1) is 12.7 Å². The zero-order valence-electron chi connectivity index (χ0n) is 16.2. The molecule has 2 aromatic carbocycles. The van der Waals surface area contributed by atoms with E-state index in [2.05, 4.69) is 5.32 Å². The Hall–Kier alpha value is -2.60. The molecule has 1 aliphatic heterocycles. The lowest BCUT2D eigenvalue weighted by Gasteiger charge is -2.35. The van der Waals surface area contributed by atoms with Gasteiger partial charge in [0.15, 0.2) is 0 Å².